The third-order valence-corrected chi connectivity index (χ3v) is 1.97. The van der Waals surface area contributed by atoms with E-state index >= 15 is 0 Å². The fourth-order valence-corrected chi connectivity index (χ4v) is 1.30. The molecule has 1 aromatic rings. The van der Waals surface area contributed by atoms with Crippen LogP contribution in [0.3, 0.4) is 0 Å². The lowest BCUT2D eigenvalue weighted by Crippen LogP contribution is -2.13. The largest absolute Gasteiger partial charge is 0.374 e. The third-order valence-electron chi connectivity index (χ3n) is 1.97. The number of hydrogen-bond acceptors (Lipinski definition) is 2. The number of nitrogens with zero attached hydrogens (tertiary/aromatic N) is 1. The molecule has 2 rings (SSSR count). The molecule has 0 radical (unpaired) electrons. The molecule has 0 fully saturated rings. The molecule has 0 atom stereocenters. The lowest BCUT2D eigenvalue weighted by molar-refractivity contribution is 1.10. The number of allylic oxidation sites excluding steroid dienone is 4. The van der Waals surface area contributed by atoms with E-state index in [1.165, 1.54) is 0 Å². The van der Waals surface area contributed by atoms with Crippen LogP contribution in [0.4, 0.5) is 5.69 Å². The molecule has 0 aliphatic heterocycles. The Bertz CT molecular complexity index is 347. The molecular weight excluding hydrogens is 172 g/mol. The molecule has 1 aliphatic rings. The maximum absolute atomic E-state index is 4.05. The summed E-state index contributed by atoms with van der Waals surface area (Å²) >= 11 is 0. The molecule has 0 unspecified atom stereocenters. The fourth-order valence-electron chi connectivity index (χ4n) is 1.30. The quantitative estimate of drug-likeness (QED) is 0.764. The molecule has 0 saturated carbocycles. The van der Waals surface area contributed by atoms with E-state index in [0.29, 0.717) is 0 Å². The SMILES string of the molecule is C1=CC=CC(Nc2cccnc2)C=C1. The van der Waals surface area contributed by atoms with Crippen molar-refractivity contribution >= 4 is 5.69 Å². The van der Waals surface area contributed by atoms with E-state index in [2.05, 4.69) is 22.5 Å². The van der Waals surface area contributed by atoms with Gasteiger partial charge in [0.05, 0.1) is 11.7 Å². The van der Waals surface area contributed by atoms with Crippen molar-refractivity contribution in [3.63, 3.8) is 0 Å². The Balaban J connectivity index is 2.05. The Morgan fingerprint density at radius 1 is 1.07 bits per heavy atom. The normalized spacial score (nSPS) is 15.4. The van der Waals surface area contributed by atoms with Crippen LogP contribution in [-0.2, 0) is 0 Å². The summed E-state index contributed by atoms with van der Waals surface area (Å²) in [4.78, 5) is 4.05. The van der Waals surface area contributed by atoms with Crippen LogP contribution in [0, 0.1) is 0 Å². The van der Waals surface area contributed by atoms with Gasteiger partial charge < -0.3 is 5.32 Å². The molecule has 14 heavy (non-hydrogen) atoms. The standard InChI is InChI=1S/C12H12N2/c1-2-4-7-11(6-3-1)14-12-8-5-9-13-10-12/h1-11,14H. The second-order valence-electron chi connectivity index (χ2n) is 3.07. The van der Waals surface area contributed by atoms with E-state index in [4.69, 9.17) is 0 Å². The summed E-state index contributed by atoms with van der Waals surface area (Å²) in [6, 6.07) is 4.17. The summed E-state index contributed by atoms with van der Waals surface area (Å²) in [7, 11) is 0. The maximum atomic E-state index is 4.05. The van der Waals surface area contributed by atoms with Gasteiger partial charge in [-0.2, -0.15) is 0 Å². The van der Waals surface area contributed by atoms with Crippen molar-refractivity contribution in [1.29, 1.82) is 0 Å². The highest BCUT2D eigenvalue weighted by Crippen LogP contribution is 2.08. The average Bonchev–Trinajstić information content (AvgIpc) is 2.48. The minimum absolute atomic E-state index is 0.245. The first-order chi connectivity index (χ1) is 6.95. The lowest BCUT2D eigenvalue weighted by Gasteiger charge is -2.10. The van der Waals surface area contributed by atoms with Gasteiger partial charge in [-0.05, 0) is 12.1 Å². The molecule has 2 heteroatoms. The Kier molecular flexibility index (Phi) is 2.76. The third kappa shape index (κ3) is 2.33. The van der Waals surface area contributed by atoms with Crippen molar-refractivity contribution in [2.75, 3.05) is 5.32 Å². The Labute approximate surface area is 83.7 Å². The van der Waals surface area contributed by atoms with Gasteiger partial charge in [0.15, 0.2) is 0 Å². The van der Waals surface area contributed by atoms with E-state index in [-0.39, 0.29) is 6.04 Å². The van der Waals surface area contributed by atoms with Crippen LogP contribution in [-0.4, -0.2) is 11.0 Å². The summed E-state index contributed by atoms with van der Waals surface area (Å²) < 4.78 is 0. The van der Waals surface area contributed by atoms with Gasteiger partial charge in [0.25, 0.3) is 0 Å². The van der Waals surface area contributed by atoms with Gasteiger partial charge in [-0.15, -0.1) is 0 Å². The highest BCUT2D eigenvalue weighted by Gasteiger charge is 1.99. The second kappa shape index (κ2) is 4.42. The van der Waals surface area contributed by atoms with Crippen LogP contribution in [0.5, 0.6) is 0 Å². The van der Waals surface area contributed by atoms with E-state index in [1.807, 2.05) is 42.6 Å². The van der Waals surface area contributed by atoms with Crippen LogP contribution in [0.2, 0.25) is 0 Å². The van der Waals surface area contributed by atoms with Crippen LogP contribution < -0.4 is 5.32 Å². The molecule has 1 N–H and O–H groups in total. The van der Waals surface area contributed by atoms with Gasteiger partial charge in [-0.1, -0.05) is 36.5 Å². The Morgan fingerprint density at radius 3 is 2.50 bits per heavy atom. The predicted molar refractivity (Wildman–Crippen MR) is 59.1 cm³/mol. The molecule has 0 saturated heterocycles. The van der Waals surface area contributed by atoms with Crippen LogP contribution in [0.15, 0.2) is 61.0 Å². The molecule has 70 valence electrons. The maximum Gasteiger partial charge on any atom is 0.0635 e. The highest BCUT2D eigenvalue weighted by molar-refractivity contribution is 5.44. The van der Waals surface area contributed by atoms with E-state index < -0.39 is 0 Å². The minimum Gasteiger partial charge on any atom is -0.374 e. The van der Waals surface area contributed by atoms with E-state index in [1.54, 1.807) is 6.20 Å². The number of aromatic nitrogens is 1. The number of anilines is 1. The highest BCUT2D eigenvalue weighted by atomic mass is 14.9. The average molecular weight is 184 g/mol. The van der Waals surface area contributed by atoms with E-state index in [0.717, 1.165) is 5.69 Å². The van der Waals surface area contributed by atoms with Crippen molar-refractivity contribution in [1.82, 2.24) is 4.98 Å². The zero-order chi connectivity index (χ0) is 9.64. The molecule has 1 heterocycles. The fraction of sp³-hybridized carbons (Fsp3) is 0.0833. The van der Waals surface area contributed by atoms with Crippen molar-refractivity contribution in [2.45, 2.75) is 6.04 Å². The van der Waals surface area contributed by atoms with Gasteiger partial charge in [-0.25, -0.2) is 0 Å². The number of rotatable bonds is 2. The van der Waals surface area contributed by atoms with Gasteiger partial charge in [0, 0.05) is 12.4 Å². The summed E-state index contributed by atoms with van der Waals surface area (Å²) in [6.45, 7) is 0. The van der Waals surface area contributed by atoms with Crippen molar-refractivity contribution in [2.24, 2.45) is 0 Å². The predicted octanol–water partition coefficient (Wildman–Crippen LogP) is 2.54. The minimum atomic E-state index is 0.245. The Morgan fingerprint density at radius 2 is 1.86 bits per heavy atom. The van der Waals surface area contributed by atoms with Crippen LogP contribution in [0.25, 0.3) is 0 Å². The molecule has 0 spiro atoms. The molecule has 0 bridgehead atoms. The van der Waals surface area contributed by atoms with Crippen LogP contribution >= 0.6 is 0 Å². The van der Waals surface area contributed by atoms with Gasteiger partial charge >= 0.3 is 0 Å². The molecule has 0 aromatic carbocycles. The topological polar surface area (TPSA) is 24.9 Å². The van der Waals surface area contributed by atoms with Crippen molar-refractivity contribution in [3.05, 3.63) is 61.0 Å². The first-order valence-corrected chi connectivity index (χ1v) is 4.63. The molecular formula is C12H12N2. The first-order valence-electron chi connectivity index (χ1n) is 4.63. The molecule has 2 nitrogen and oxygen atoms in total. The van der Waals surface area contributed by atoms with Crippen molar-refractivity contribution < 1.29 is 0 Å². The number of nitrogens with one attached hydrogen (secondary N) is 1. The summed E-state index contributed by atoms with van der Waals surface area (Å²) in [5.41, 5.74) is 1.04. The second-order valence-corrected chi connectivity index (χ2v) is 3.07. The summed E-state index contributed by atoms with van der Waals surface area (Å²) in [6.07, 6.45) is 15.9. The number of hydrogen-bond donors (Lipinski definition) is 1. The number of pyridine rings is 1. The Hall–Kier alpha value is -1.83. The molecule has 1 aliphatic carbocycles. The lowest BCUT2D eigenvalue weighted by atomic mass is 10.2. The zero-order valence-corrected chi connectivity index (χ0v) is 7.80. The first kappa shape index (κ1) is 8.75. The zero-order valence-electron chi connectivity index (χ0n) is 7.80. The monoisotopic (exact) mass is 184 g/mol. The molecule has 0 amide bonds. The summed E-state index contributed by atoms with van der Waals surface area (Å²) in [5.74, 6) is 0. The molecule has 1 aromatic heterocycles. The summed E-state index contributed by atoms with van der Waals surface area (Å²) in [5, 5.41) is 3.34. The van der Waals surface area contributed by atoms with Gasteiger partial charge in [-0.3, -0.25) is 4.98 Å². The van der Waals surface area contributed by atoms with Gasteiger partial charge in [0.2, 0.25) is 0 Å². The van der Waals surface area contributed by atoms with Gasteiger partial charge in [0.1, 0.15) is 0 Å². The van der Waals surface area contributed by atoms with Crippen molar-refractivity contribution in [3.8, 4) is 0 Å². The smallest absolute Gasteiger partial charge is 0.0635 e. The van der Waals surface area contributed by atoms with Crippen LogP contribution in [0.1, 0.15) is 0 Å². The van der Waals surface area contributed by atoms with E-state index in [9.17, 15) is 0 Å².